The van der Waals surface area contributed by atoms with Crippen molar-refractivity contribution in [3.8, 4) is 11.5 Å². The molecule has 150 valence electrons. The molecular formula is C22H29N3O3. The number of nitrogens with two attached hydrogens (primary N) is 1. The smallest absolute Gasteiger partial charge is 0.241 e. The lowest BCUT2D eigenvalue weighted by Crippen LogP contribution is -2.37. The summed E-state index contributed by atoms with van der Waals surface area (Å²) in [6.45, 7) is 4.44. The summed E-state index contributed by atoms with van der Waals surface area (Å²) < 4.78 is 10.7. The highest BCUT2D eigenvalue weighted by molar-refractivity contribution is 5.82. The lowest BCUT2D eigenvalue weighted by Gasteiger charge is -2.21. The van der Waals surface area contributed by atoms with Gasteiger partial charge >= 0.3 is 0 Å². The van der Waals surface area contributed by atoms with Crippen LogP contribution in [0.2, 0.25) is 0 Å². The quantitative estimate of drug-likeness (QED) is 0.769. The van der Waals surface area contributed by atoms with Gasteiger partial charge in [0.05, 0.1) is 14.2 Å². The first-order valence-corrected chi connectivity index (χ1v) is 9.58. The van der Waals surface area contributed by atoms with Crippen molar-refractivity contribution >= 4 is 11.6 Å². The van der Waals surface area contributed by atoms with Crippen molar-refractivity contribution in [2.45, 2.75) is 19.4 Å². The van der Waals surface area contributed by atoms with Gasteiger partial charge in [-0.15, -0.1) is 0 Å². The Bertz CT molecular complexity index is 785. The summed E-state index contributed by atoms with van der Waals surface area (Å²) in [5, 5.41) is 3.01. The van der Waals surface area contributed by atoms with Gasteiger partial charge in [0.25, 0.3) is 0 Å². The number of nitrogens with zero attached hydrogens (tertiary/aromatic N) is 1. The van der Waals surface area contributed by atoms with E-state index >= 15 is 0 Å². The van der Waals surface area contributed by atoms with Crippen LogP contribution in [0.1, 0.15) is 23.6 Å². The Hall–Kier alpha value is -2.73. The van der Waals surface area contributed by atoms with E-state index in [1.807, 2.05) is 49.4 Å². The van der Waals surface area contributed by atoms with Crippen LogP contribution in [0.5, 0.6) is 11.5 Å². The first-order valence-electron chi connectivity index (χ1n) is 9.58. The van der Waals surface area contributed by atoms with E-state index in [-0.39, 0.29) is 5.91 Å². The van der Waals surface area contributed by atoms with Crippen molar-refractivity contribution in [3.05, 3.63) is 53.6 Å². The second kappa shape index (κ2) is 8.97. The van der Waals surface area contributed by atoms with E-state index in [0.717, 1.165) is 47.8 Å². The molecular weight excluding hydrogens is 354 g/mol. The van der Waals surface area contributed by atoms with E-state index in [2.05, 4.69) is 10.2 Å². The minimum Gasteiger partial charge on any atom is -0.497 e. The molecule has 1 heterocycles. The van der Waals surface area contributed by atoms with Crippen molar-refractivity contribution in [3.63, 3.8) is 0 Å². The predicted molar refractivity (Wildman–Crippen MR) is 111 cm³/mol. The lowest BCUT2D eigenvalue weighted by molar-refractivity contribution is -0.122. The van der Waals surface area contributed by atoms with Gasteiger partial charge in [-0.05, 0) is 24.8 Å². The van der Waals surface area contributed by atoms with Crippen LogP contribution in [0.25, 0.3) is 0 Å². The summed E-state index contributed by atoms with van der Waals surface area (Å²) in [6, 6.07) is 13.0. The van der Waals surface area contributed by atoms with Gasteiger partial charge in [0.2, 0.25) is 5.91 Å². The molecule has 3 N–H and O–H groups in total. The molecule has 2 aromatic carbocycles. The van der Waals surface area contributed by atoms with E-state index in [4.69, 9.17) is 15.2 Å². The third-order valence-electron chi connectivity index (χ3n) is 5.27. The first-order chi connectivity index (χ1) is 13.5. The Morgan fingerprint density at radius 1 is 1.18 bits per heavy atom. The zero-order chi connectivity index (χ0) is 20.1. The van der Waals surface area contributed by atoms with Crippen LogP contribution < -0.4 is 25.4 Å². The molecule has 6 nitrogen and oxygen atoms in total. The summed E-state index contributed by atoms with van der Waals surface area (Å²) in [4.78, 5) is 14.7. The van der Waals surface area contributed by atoms with Gasteiger partial charge in [0, 0.05) is 43.5 Å². The Balaban J connectivity index is 1.55. The summed E-state index contributed by atoms with van der Waals surface area (Å²) in [7, 11) is 3.30. The molecule has 1 fully saturated rings. The number of aryl methyl sites for hydroxylation is 1. The van der Waals surface area contributed by atoms with Crippen LogP contribution in [0.15, 0.2) is 42.5 Å². The highest BCUT2D eigenvalue weighted by atomic mass is 16.5. The van der Waals surface area contributed by atoms with Gasteiger partial charge in [-0.1, -0.05) is 29.8 Å². The normalized spacial score (nSPS) is 17.3. The van der Waals surface area contributed by atoms with Gasteiger partial charge in [-0.3, -0.25) is 4.79 Å². The van der Waals surface area contributed by atoms with Gasteiger partial charge in [0.15, 0.2) is 0 Å². The molecule has 0 radical (unpaired) electrons. The molecule has 2 unspecified atom stereocenters. The molecule has 0 spiro atoms. The highest BCUT2D eigenvalue weighted by Crippen LogP contribution is 2.31. The fourth-order valence-corrected chi connectivity index (χ4v) is 3.49. The van der Waals surface area contributed by atoms with Gasteiger partial charge in [-0.25, -0.2) is 0 Å². The van der Waals surface area contributed by atoms with E-state index in [0.29, 0.717) is 12.5 Å². The zero-order valence-corrected chi connectivity index (χ0v) is 16.8. The van der Waals surface area contributed by atoms with E-state index < -0.39 is 6.04 Å². The maximum Gasteiger partial charge on any atom is 0.241 e. The molecule has 1 aliphatic heterocycles. The largest absolute Gasteiger partial charge is 0.497 e. The third kappa shape index (κ3) is 4.75. The third-order valence-corrected chi connectivity index (χ3v) is 5.27. The second-order valence-electron chi connectivity index (χ2n) is 7.31. The summed E-state index contributed by atoms with van der Waals surface area (Å²) >= 11 is 0. The number of amides is 1. The molecule has 0 bridgehead atoms. The predicted octanol–water partition coefficient (Wildman–Crippen LogP) is 2.65. The summed E-state index contributed by atoms with van der Waals surface area (Å²) in [6.07, 6.45) is 1.01. The summed E-state index contributed by atoms with van der Waals surface area (Å²) in [5.41, 5.74) is 9.16. The molecule has 1 aliphatic rings. The fourth-order valence-electron chi connectivity index (χ4n) is 3.49. The maximum atomic E-state index is 12.4. The molecule has 28 heavy (non-hydrogen) atoms. The molecule has 1 saturated heterocycles. The monoisotopic (exact) mass is 383 g/mol. The van der Waals surface area contributed by atoms with Gasteiger partial charge in [0.1, 0.15) is 17.5 Å². The lowest BCUT2D eigenvalue weighted by atomic mass is 10.0. The fraction of sp³-hybridized carbons (Fsp3) is 0.409. The number of ether oxygens (including phenoxy) is 2. The highest BCUT2D eigenvalue weighted by Gasteiger charge is 2.25. The number of carbonyl (C=O) groups is 1. The van der Waals surface area contributed by atoms with E-state index in [9.17, 15) is 4.79 Å². The van der Waals surface area contributed by atoms with Crippen molar-refractivity contribution in [1.82, 2.24) is 5.32 Å². The average Bonchev–Trinajstić information content (AvgIpc) is 3.20. The molecule has 6 heteroatoms. The topological polar surface area (TPSA) is 76.8 Å². The molecule has 3 rings (SSSR count). The van der Waals surface area contributed by atoms with E-state index in [1.54, 1.807) is 14.2 Å². The minimum absolute atomic E-state index is 0.134. The standard InChI is InChI=1S/C22H29N3O3/c1-15-4-6-17(7-5-15)21(23)22(26)24-13-16-8-9-25(14-16)18-10-19(27-2)12-20(11-18)28-3/h4-7,10-12,16,21H,8-9,13-14,23H2,1-3H3,(H,24,26). The van der Waals surface area contributed by atoms with Crippen molar-refractivity contribution in [2.75, 3.05) is 38.8 Å². The van der Waals surface area contributed by atoms with Crippen molar-refractivity contribution in [1.29, 1.82) is 0 Å². The maximum absolute atomic E-state index is 12.4. The van der Waals surface area contributed by atoms with Crippen LogP contribution in [0, 0.1) is 12.8 Å². The first kappa shape index (κ1) is 20.0. The van der Waals surface area contributed by atoms with Crippen molar-refractivity contribution in [2.24, 2.45) is 11.7 Å². The number of nitrogens with one attached hydrogen (secondary N) is 1. The van der Waals surface area contributed by atoms with Gasteiger partial charge in [-0.2, -0.15) is 0 Å². The van der Waals surface area contributed by atoms with E-state index in [1.165, 1.54) is 0 Å². The number of methoxy groups -OCH3 is 2. The molecule has 0 aliphatic carbocycles. The van der Waals surface area contributed by atoms with Crippen molar-refractivity contribution < 1.29 is 14.3 Å². The number of rotatable bonds is 7. The number of carbonyl (C=O) groups excluding carboxylic acids is 1. The number of hydrogen-bond acceptors (Lipinski definition) is 5. The number of anilines is 1. The molecule has 2 aromatic rings. The van der Waals surface area contributed by atoms with Crippen LogP contribution >= 0.6 is 0 Å². The van der Waals surface area contributed by atoms with Crippen LogP contribution in [-0.4, -0.2) is 39.8 Å². The van der Waals surface area contributed by atoms with Crippen LogP contribution in [0.3, 0.4) is 0 Å². The average molecular weight is 383 g/mol. The summed E-state index contributed by atoms with van der Waals surface area (Å²) in [5.74, 6) is 1.79. The molecule has 1 amide bonds. The Morgan fingerprint density at radius 3 is 2.43 bits per heavy atom. The minimum atomic E-state index is -0.638. The van der Waals surface area contributed by atoms with Gasteiger partial charge < -0.3 is 25.4 Å². The molecule has 0 saturated carbocycles. The van der Waals surface area contributed by atoms with Crippen LogP contribution in [0.4, 0.5) is 5.69 Å². The second-order valence-corrected chi connectivity index (χ2v) is 7.31. The Morgan fingerprint density at radius 2 is 1.82 bits per heavy atom. The Labute approximate surface area is 166 Å². The van der Waals surface area contributed by atoms with Crippen LogP contribution in [-0.2, 0) is 4.79 Å². The number of hydrogen-bond donors (Lipinski definition) is 2. The SMILES string of the molecule is COc1cc(OC)cc(N2CCC(CNC(=O)C(N)c3ccc(C)cc3)C2)c1. The zero-order valence-electron chi connectivity index (χ0n) is 16.8. The number of benzene rings is 2. The Kier molecular flexibility index (Phi) is 6.41. The molecule has 2 atom stereocenters. The molecule has 0 aromatic heterocycles.